The summed E-state index contributed by atoms with van der Waals surface area (Å²) in [5.74, 6) is -7.43. The maximum Gasteiger partial charge on any atom is 0.315 e. The number of rotatable bonds is 8. The number of piperidine rings is 2. The number of phenolic OH excluding ortho intramolecular Hbond substituents is 1. The number of aliphatic imine (C=N–C) groups is 1. The Kier molecular flexibility index (Phi) is 16.7. The van der Waals surface area contributed by atoms with Gasteiger partial charge in [0.2, 0.25) is 11.7 Å². The normalized spacial score (nSPS) is 30.9. The number of phenols is 1. The van der Waals surface area contributed by atoms with Crippen LogP contribution in [0.1, 0.15) is 119 Å². The Balaban J connectivity index is 1.11. The van der Waals surface area contributed by atoms with Crippen molar-refractivity contribution in [2.24, 2.45) is 34.6 Å². The Morgan fingerprint density at radius 3 is 2.24 bits per heavy atom. The molecule has 0 aromatic heterocycles. The van der Waals surface area contributed by atoms with Crippen LogP contribution in [0.5, 0.6) is 17.2 Å². The van der Waals surface area contributed by atoms with Gasteiger partial charge >= 0.3 is 11.8 Å². The number of ether oxygens (including phenoxy) is 5. The smallest absolute Gasteiger partial charge is 0.315 e. The number of aliphatic hydroxyl groups excluding tert-OH is 2. The Hall–Kier alpha value is -6.34. The summed E-state index contributed by atoms with van der Waals surface area (Å²) in [7, 11) is 1.44. The number of para-hydroxylation sites is 1. The maximum absolute atomic E-state index is 15.0. The van der Waals surface area contributed by atoms with Crippen LogP contribution in [-0.4, -0.2) is 142 Å². The monoisotopic (exact) mass is 1050 g/mol. The van der Waals surface area contributed by atoms with E-state index >= 15 is 0 Å². The predicted molar refractivity (Wildman–Crippen MR) is 282 cm³/mol. The second-order valence-electron chi connectivity index (χ2n) is 22.1. The molecular weight excluding hydrogens is 975 g/mol. The van der Waals surface area contributed by atoms with Crippen LogP contribution in [0.2, 0.25) is 0 Å². The number of aromatic hydroxyl groups is 1. The number of nitrogens with one attached hydrogen (secondary N) is 2. The molecule has 0 radical (unpaired) electrons. The van der Waals surface area contributed by atoms with Gasteiger partial charge in [-0.25, -0.2) is 0 Å². The highest BCUT2D eigenvalue weighted by molar-refractivity contribution is 6.34. The first-order valence-corrected chi connectivity index (χ1v) is 26.7. The zero-order chi connectivity index (χ0) is 55.0. The molecule has 2 aromatic rings. The quantitative estimate of drug-likeness (QED) is 0.149. The average molecular weight is 1050 g/mol. The third-order valence-electron chi connectivity index (χ3n) is 16.1. The van der Waals surface area contributed by atoms with Crippen molar-refractivity contribution in [3.63, 3.8) is 0 Å². The fourth-order valence-corrected chi connectivity index (χ4v) is 11.4. The van der Waals surface area contributed by atoms with Crippen molar-refractivity contribution >= 4 is 35.1 Å². The van der Waals surface area contributed by atoms with E-state index in [1.807, 2.05) is 30.3 Å². The summed E-state index contributed by atoms with van der Waals surface area (Å²) < 4.78 is 30.8. The number of amides is 2. The number of aliphatic hydroxyl groups is 2. The topological polar surface area (TPSA) is 235 Å². The molecule has 5 N–H and O–H groups in total. The molecule has 410 valence electrons. The Bertz CT molecular complexity index is 2730. The summed E-state index contributed by atoms with van der Waals surface area (Å²) in [6.45, 7) is 18.8. The molecule has 18 nitrogen and oxygen atoms in total. The molecule has 9 rings (SSSR count). The lowest BCUT2D eigenvalue weighted by Gasteiger charge is -2.38. The predicted octanol–water partition coefficient (Wildman–Crippen LogP) is 6.06. The second-order valence-corrected chi connectivity index (χ2v) is 22.1. The van der Waals surface area contributed by atoms with Gasteiger partial charge in [0.15, 0.2) is 0 Å². The summed E-state index contributed by atoms with van der Waals surface area (Å²) in [4.78, 5) is 80.6. The Morgan fingerprint density at radius 1 is 0.895 bits per heavy atom. The molecular formula is C58H75N5O13. The molecule has 6 aliphatic heterocycles. The molecule has 7 aliphatic rings. The van der Waals surface area contributed by atoms with Crippen LogP contribution in [0.3, 0.4) is 0 Å². The molecule has 1 spiro atoms. The first-order chi connectivity index (χ1) is 36.1. The first-order valence-electron chi connectivity index (χ1n) is 26.7. The van der Waals surface area contributed by atoms with Crippen molar-refractivity contribution in [2.75, 3.05) is 39.8 Å². The fraction of sp³-hybridized carbons (Fsp3) is 0.552. The molecule has 2 aromatic carbocycles. The molecule has 9 atom stereocenters. The molecule has 1 aliphatic carbocycles. The van der Waals surface area contributed by atoms with Crippen LogP contribution in [0.4, 0.5) is 0 Å². The zero-order valence-corrected chi connectivity index (χ0v) is 45.4. The third-order valence-corrected chi connectivity index (χ3v) is 16.1. The molecule has 2 amide bonds. The number of esters is 1. The number of methoxy groups -OCH3 is 1. The van der Waals surface area contributed by atoms with Crippen molar-refractivity contribution in [1.29, 1.82) is 0 Å². The van der Waals surface area contributed by atoms with Gasteiger partial charge < -0.3 is 59.4 Å². The van der Waals surface area contributed by atoms with Crippen LogP contribution in [0, 0.1) is 36.5 Å². The lowest BCUT2D eigenvalue weighted by atomic mass is 9.78. The summed E-state index contributed by atoms with van der Waals surface area (Å²) >= 11 is 0. The third kappa shape index (κ3) is 11.2. The number of hydrogen-bond donors (Lipinski definition) is 5. The van der Waals surface area contributed by atoms with Crippen LogP contribution >= 0.6 is 0 Å². The number of hydrogen-bond acceptors (Lipinski definition) is 16. The number of nitrogens with zero attached hydrogens (tertiary/aromatic N) is 3. The van der Waals surface area contributed by atoms with E-state index in [2.05, 4.69) is 29.4 Å². The van der Waals surface area contributed by atoms with Gasteiger partial charge in [0, 0.05) is 113 Å². The number of ketones is 2. The van der Waals surface area contributed by atoms with E-state index in [0.29, 0.717) is 57.8 Å². The summed E-state index contributed by atoms with van der Waals surface area (Å²) in [5.41, 5.74) is -0.428. The highest BCUT2D eigenvalue weighted by Crippen LogP contribution is 2.50. The fourth-order valence-electron chi connectivity index (χ4n) is 11.4. The molecule has 6 heterocycles. The average Bonchev–Trinajstić information content (AvgIpc) is 4.01. The standard InChI is InChI=1S/C58H75N5O13/c1-31(2)30-62-26-22-58(23-27-62)60-46-43-44-51(68)37(8)54-45(43)55(70)57(9,76-54)73-28-21-40(72-10)34(5)53(75-42(65)29-41(64)63-24-19-39(20-25-63)74-38-17-12-11-13-18-38)36(7)50(67)35(6)49(66)32(3)15-14-16-33(4)56(71)59-48(52(44)69)47(46)61-58/h11-18,21,28,31-32,34-36,39-40,49-50,53,61,66-68H,19-20,22-27,29-30H2,1-10H3,(H,59,71)/b15-14+,28-21+,33-16-/t32?,34-,35-,36-,40+,49+,50?,53?,57+/m1/s1. The SMILES string of the molecule is CO[C@H]1/C=C/O[C@@]2(C)Oc3c(C)c(O)c4c(c3C2=O)C2=NC3(CCN(CC(C)C)CC3)NC2=C(NC(=O)/C(C)=C\C=C\C(C)[C@H](O)[C@@H](C)C(O)[C@@H](C)C(OC(=O)CC(=O)N2CCC(Oc3ccccc3)CC2)[C@@H]1C)C4=O. The van der Waals surface area contributed by atoms with Gasteiger partial charge in [0.1, 0.15) is 47.2 Å². The van der Waals surface area contributed by atoms with Gasteiger partial charge in [-0.15, -0.1) is 0 Å². The lowest BCUT2D eigenvalue weighted by Crippen LogP contribution is -2.50. The highest BCUT2D eigenvalue weighted by Gasteiger charge is 2.54. The van der Waals surface area contributed by atoms with Crippen LogP contribution in [-0.2, 0) is 28.6 Å². The first kappa shape index (κ1) is 55.9. The van der Waals surface area contributed by atoms with Gasteiger partial charge in [0.05, 0.1) is 47.1 Å². The molecule has 5 bridgehead atoms. The van der Waals surface area contributed by atoms with Crippen molar-refractivity contribution in [3.8, 4) is 17.2 Å². The second kappa shape index (κ2) is 22.7. The number of Topliss-reactive ketones (excluding diaryl/α,β-unsaturated/α-hetero) is 2. The van der Waals surface area contributed by atoms with E-state index in [4.69, 9.17) is 28.7 Å². The van der Waals surface area contributed by atoms with Gasteiger partial charge in [-0.1, -0.05) is 78.0 Å². The minimum Gasteiger partial charge on any atom is -0.507 e. The van der Waals surface area contributed by atoms with Crippen molar-refractivity contribution in [1.82, 2.24) is 20.4 Å². The minimum absolute atomic E-state index is 0.000283. The number of likely N-dealkylation sites (tertiary alicyclic amines) is 2. The molecule has 76 heavy (non-hydrogen) atoms. The number of allylic oxidation sites excluding steroid dienone is 4. The number of fused-ring (bicyclic) bond motifs is 13. The number of carbonyl (C=O) groups excluding carboxylic acids is 5. The molecule has 3 unspecified atom stereocenters. The maximum atomic E-state index is 15.0. The van der Waals surface area contributed by atoms with E-state index in [1.165, 1.54) is 33.3 Å². The van der Waals surface area contributed by atoms with Gasteiger partial charge in [-0.2, -0.15) is 0 Å². The van der Waals surface area contributed by atoms with Crippen LogP contribution in [0.25, 0.3) is 0 Å². The molecule has 2 fully saturated rings. The van der Waals surface area contributed by atoms with E-state index in [-0.39, 0.29) is 56.8 Å². The minimum atomic E-state index is -2.04. The molecule has 2 saturated heterocycles. The Morgan fingerprint density at radius 2 is 1.58 bits per heavy atom. The zero-order valence-electron chi connectivity index (χ0n) is 45.4. The van der Waals surface area contributed by atoms with Gasteiger partial charge in [-0.05, 0) is 38.0 Å². The molecule has 18 heteroatoms. The van der Waals surface area contributed by atoms with Crippen molar-refractivity contribution in [3.05, 3.63) is 100 Å². The number of benzene rings is 2. The number of carbonyl (C=O) groups is 5. The van der Waals surface area contributed by atoms with Gasteiger partial charge in [-0.3, -0.25) is 29.0 Å². The molecule has 0 saturated carbocycles. The van der Waals surface area contributed by atoms with Crippen LogP contribution < -0.4 is 20.1 Å². The van der Waals surface area contributed by atoms with E-state index in [1.54, 1.807) is 57.7 Å². The summed E-state index contributed by atoms with van der Waals surface area (Å²) in [5, 5.41) is 41.9. The Labute approximate surface area is 445 Å². The summed E-state index contributed by atoms with van der Waals surface area (Å²) in [6, 6.07) is 9.46. The summed E-state index contributed by atoms with van der Waals surface area (Å²) in [6.07, 6.45) is 4.86. The van der Waals surface area contributed by atoms with Crippen molar-refractivity contribution in [2.45, 2.75) is 136 Å². The van der Waals surface area contributed by atoms with Crippen molar-refractivity contribution < 1.29 is 63.0 Å². The highest BCUT2D eigenvalue weighted by atomic mass is 16.7. The largest absolute Gasteiger partial charge is 0.507 e. The van der Waals surface area contributed by atoms with E-state index in [0.717, 1.165) is 12.3 Å². The van der Waals surface area contributed by atoms with Gasteiger partial charge in [0.25, 0.3) is 11.7 Å². The van der Waals surface area contributed by atoms with Crippen LogP contribution in [0.15, 0.2) is 82.9 Å². The van der Waals surface area contributed by atoms with E-state index in [9.17, 15) is 39.3 Å². The lowest BCUT2D eigenvalue weighted by molar-refractivity contribution is -0.165. The van der Waals surface area contributed by atoms with E-state index < -0.39 is 101 Å².